The molecular weight excluding hydrogens is 252 g/mol. The van der Waals surface area contributed by atoms with Gasteiger partial charge in [0.25, 0.3) is 0 Å². The largest absolute Gasteiger partial charge is 0.394 e. The molecule has 0 heterocycles. The molecule has 0 unspecified atom stereocenters. The van der Waals surface area contributed by atoms with Crippen LogP contribution in [0, 0.1) is 6.07 Å². The fraction of sp³-hybridized carbons (Fsp3) is 0.250. The molecule has 1 rings (SSSR count). The first-order chi connectivity index (χ1) is 5.26. The molecule has 0 bridgehead atoms. The minimum atomic E-state index is -0.104. The van der Waals surface area contributed by atoms with E-state index in [-0.39, 0.29) is 45.9 Å². The van der Waals surface area contributed by atoms with Gasteiger partial charge in [0, 0.05) is 45.9 Å². The molecule has 0 atom stereocenters. The molecule has 1 aromatic rings. The molecule has 0 saturated heterocycles. The maximum Gasteiger partial charge on any atom is 0.0462 e. The van der Waals surface area contributed by atoms with Gasteiger partial charge in [-0.2, -0.15) is 12.1 Å². The van der Waals surface area contributed by atoms with Gasteiger partial charge in [-0.05, 0) is 0 Å². The fourth-order valence-electron chi connectivity index (χ4n) is 0.830. The van der Waals surface area contributed by atoms with Crippen LogP contribution in [0.5, 0.6) is 0 Å². The van der Waals surface area contributed by atoms with Crippen molar-refractivity contribution >= 4 is 11.6 Å². The summed E-state index contributed by atoms with van der Waals surface area (Å²) in [6, 6.07) is 6.01. The first-order valence-corrected chi connectivity index (χ1v) is 3.56. The third kappa shape index (κ3) is 3.50. The van der Waals surface area contributed by atoms with Gasteiger partial charge < -0.3 is 10.2 Å². The Balaban J connectivity index is 0.00000121. The van der Waals surface area contributed by atoms with E-state index in [1.54, 1.807) is 12.1 Å². The molecule has 0 aliphatic rings. The SMILES string of the molecule is OCc1[c-]c(Cl)cc(CO)c1.[Y]. The summed E-state index contributed by atoms with van der Waals surface area (Å²) in [7, 11) is 0. The van der Waals surface area contributed by atoms with Gasteiger partial charge in [0.1, 0.15) is 0 Å². The van der Waals surface area contributed by atoms with Gasteiger partial charge >= 0.3 is 0 Å². The summed E-state index contributed by atoms with van der Waals surface area (Å²) in [4.78, 5) is 0. The molecule has 0 spiro atoms. The van der Waals surface area contributed by atoms with Gasteiger partial charge in [-0.25, -0.2) is 0 Å². The molecule has 0 aliphatic carbocycles. The van der Waals surface area contributed by atoms with E-state index in [4.69, 9.17) is 21.8 Å². The van der Waals surface area contributed by atoms with Crippen LogP contribution in [-0.2, 0) is 45.9 Å². The molecule has 0 saturated carbocycles. The second kappa shape index (κ2) is 6.06. The summed E-state index contributed by atoms with van der Waals surface area (Å²) in [5.74, 6) is 0. The van der Waals surface area contributed by atoms with E-state index < -0.39 is 0 Å². The van der Waals surface area contributed by atoms with Crippen molar-refractivity contribution in [2.45, 2.75) is 13.2 Å². The molecule has 0 aliphatic heterocycles. The van der Waals surface area contributed by atoms with Crippen LogP contribution in [0.2, 0.25) is 5.02 Å². The molecule has 4 heteroatoms. The smallest absolute Gasteiger partial charge is 0.0462 e. The maximum atomic E-state index is 8.73. The van der Waals surface area contributed by atoms with Gasteiger partial charge in [0.15, 0.2) is 0 Å². The average Bonchev–Trinajstić information content (AvgIpc) is 2.03. The predicted octanol–water partition coefficient (Wildman–Crippen LogP) is 1.12. The van der Waals surface area contributed by atoms with Crippen molar-refractivity contribution in [1.82, 2.24) is 0 Å². The summed E-state index contributed by atoms with van der Waals surface area (Å²) in [5.41, 5.74) is 1.29. The Morgan fingerprint density at radius 1 is 1.25 bits per heavy atom. The molecular formula is C8H8ClO2Y-. The molecule has 2 nitrogen and oxygen atoms in total. The Hall–Kier alpha value is 0.534. The van der Waals surface area contributed by atoms with Gasteiger partial charge in [0.2, 0.25) is 0 Å². The van der Waals surface area contributed by atoms with Crippen LogP contribution < -0.4 is 0 Å². The third-order valence-corrected chi connectivity index (χ3v) is 1.51. The molecule has 1 aromatic carbocycles. The van der Waals surface area contributed by atoms with Crippen LogP contribution in [0.15, 0.2) is 12.1 Å². The van der Waals surface area contributed by atoms with E-state index in [0.29, 0.717) is 16.1 Å². The number of hydrogen-bond acceptors (Lipinski definition) is 2. The second-order valence-electron chi connectivity index (χ2n) is 2.18. The quantitative estimate of drug-likeness (QED) is 0.783. The number of aliphatic hydroxyl groups excluding tert-OH is 2. The Labute approximate surface area is 101 Å². The summed E-state index contributed by atoms with van der Waals surface area (Å²) < 4.78 is 0. The maximum absolute atomic E-state index is 8.73. The van der Waals surface area contributed by atoms with Crippen molar-refractivity contribution in [2.24, 2.45) is 0 Å². The van der Waals surface area contributed by atoms with Crippen LogP contribution in [0.1, 0.15) is 11.1 Å². The molecule has 0 fully saturated rings. The Morgan fingerprint density at radius 3 is 2.42 bits per heavy atom. The van der Waals surface area contributed by atoms with E-state index in [0.717, 1.165) is 0 Å². The standard InChI is InChI=1S/C8H8ClO2.Y/c9-8-2-6(4-10)1-7(3-8)5-11;/h1-2,10-11H,4-5H2;/q-1;. The number of aliphatic hydroxyl groups is 2. The number of benzene rings is 1. The van der Waals surface area contributed by atoms with Crippen molar-refractivity contribution in [3.63, 3.8) is 0 Å². The fourth-order valence-corrected chi connectivity index (χ4v) is 1.09. The van der Waals surface area contributed by atoms with Gasteiger partial charge in [0.05, 0.1) is 0 Å². The Morgan fingerprint density at radius 2 is 1.92 bits per heavy atom. The third-order valence-electron chi connectivity index (χ3n) is 1.30. The first kappa shape index (κ1) is 12.5. The van der Waals surface area contributed by atoms with Crippen molar-refractivity contribution in [3.05, 3.63) is 34.3 Å². The number of hydrogen-bond donors (Lipinski definition) is 2. The van der Waals surface area contributed by atoms with Crippen LogP contribution in [-0.4, -0.2) is 10.2 Å². The molecule has 2 N–H and O–H groups in total. The van der Waals surface area contributed by atoms with Crippen LogP contribution >= 0.6 is 11.6 Å². The zero-order valence-corrected chi connectivity index (χ0v) is 10.0. The van der Waals surface area contributed by atoms with E-state index in [2.05, 4.69) is 6.07 Å². The van der Waals surface area contributed by atoms with Crippen LogP contribution in [0.25, 0.3) is 0 Å². The van der Waals surface area contributed by atoms with Crippen LogP contribution in [0.4, 0.5) is 0 Å². The minimum Gasteiger partial charge on any atom is -0.394 e. The summed E-state index contributed by atoms with van der Waals surface area (Å²) in [6.07, 6.45) is 0. The summed E-state index contributed by atoms with van der Waals surface area (Å²) >= 11 is 5.63. The van der Waals surface area contributed by atoms with Crippen LogP contribution in [0.3, 0.4) is 0 Å². The predicted molar refractivity (Wildman–Crippen MR) is 42.1 cm³/mol. The molecule has 63 valence electrons. The van der Waals surface area contributed by atoms with E-state index >= 15 is 0 Å². The summed E-state index contributed by atoms with van der Waals surface area (Å²) in [5, 5.41) is 17.9. The van der Waals surface area contributed by atoms with Gasteiger partial charge in [-0.15, -0.1) is 28.8 Å². The zero-order valence-electron chi connectivity index (χ0n) is 6.42. The molecule has 0 aromatic heterocycles. The topological polar surface area (TPSA) is 40.5 Å². The van der Waals surface area contributed by atoms with Crippen molar-refractivity contribution in [3.8, 4) is 0 Å². The summed E-state index contributed by atoms with van der Waals surface area (Å²) in [6.45, 7) is -0.172. The van der Waals surface area contributed by atoms with Gasteiger partial charge in [-0.3, -0.25) is 0 Å². The zero-order chi connectivity index (χ0) is 8.27. The minimum absolute atomic E-state index is 0. The average molecular weight is 261 g/mol. The number of rotatable bonds is 2. The van der Waals surface area contributed by atoms with Crippen molar-refractivity contribution in [2.75, 3.05) is 0 Å². The monoisotopic (exact) mass is 260 g/mol. The normalized spacial score (nSPS) is 9.25. The van der Waals surface area contributed by atoms with Crippen molar-refractivity contribution < 1.29 is 42.9 Å². The Kier molecular flexibility index (Phi) is 6.33. The van der Waals surface area contributed by atoms with Crippen molar-refractivity contribution in [1.29, 1.82) is 0 Å². The van der Waals surface area contributed by atoms with Gasteiger partial charge in [-0.1, -0.05) is 5.02 Å². The molecule has 0 amide bonds. The second-order valence-corrected chi connectivity index (χ2v) is 2.59. The number of halogens is 1. The van der Waals surface area contributed by atoms with E-state index in [9.17, 15) is 0 Å². The molecule has 12 heavy (non-hydrogen) atoms. The van der Waals surface area contributed by atoms with E-state index in [1.165, 1.54) is 0 Å². The van der Waals surface area contributed by atoms with E-state index in [1.807, 2.05) is 0 Å². The molecule has 1 radical (unpaired) electrons. The first-order valence-electron chi connectivity index (χ1n) is 3.18. The Bertz CT molecular complexity index is 231.